The van der Waals surface area contributed by atoms with Crippen molar-refractivity contribution in [3.05, 3.63) is 12.8 Å². The maximum Gasteiger partial charge on any atom is 0.103 e. The average molecular weight is 198 g/mol. The molecule has 0 amide bonds. The molecule has 0 unspecified atom stereocenters. The average Bonchev–Trinajstić information content (AvgIpc) is 2.11. The van der Waals surface area contributed by atoms with Crippen LogP contribution in [0.1, 0.15) is 65.7 Å². The summed E-state index contributed by atoms with van der Waals surface area (Å²) in [5.41, 5.74) is -0.0213. The Bertz CT molecular complexity index is 138. The molecule has 0 aromatic rings. The minimum atomic E-state index is -0.0213. The molecule has 0 N–H and O–H groups in total. The molecule has 14 heavy (non-hydrogen) atoms. The van der Waals surface area contributed by atoms with Gasteiger partial charge in [-0.3, -0.25) is 0 Å². The maximum absolute atomic E-state index is 5.42. The second kappa shape index (κ2) is 7.90. The summed E-state index contributed by atoms with van der Waals surface area (Å²) < 4.78 is 5.42. The predicted molar refractivity (Wildman–Crippen MR) is 63.4 cm³/mol. The van der Waals surface area contributed by atoms with Crippen LogP contribution in [-0.4, -0.2) is 5.60 Å². The molecule has 0 aromatic heterocycles. The van der Waals surface area contributed by atoms with Gasteiger partial charge in [-0.1, -0.05) is 45.6 Å². The van der Waals surface area contributed by atoms with Gasteiger partial charge in [0.1, 0.15) is 5.60 Å². The van der Waals surface area contributed by atoms with Crippen molar-refractivity contribution in [3.8, 4) is 0 Å². The summed E-state index contributed by atoms with van der Waals surface area (Å²) in [5.74, 6) is 0. The molecule has 0 heterocycles. The van der Waals surface area contributed by atoms with Crippen LogP contribution >= 0.6 is 0 Å². The first-order chi connectivity index (χ1) is 6.62. The van der Waals surface area contributed by atoms with Crippen molar-refractivity contribution in [1.29, 1.82) is 0 Å². The Hall–Kier alpha value is -0.460. The van der Waals surface area contributed by atoms with Crippen molar-refractivity contribution >= 4 is 0 Å². The van der Waals surface area contributed by atoms with Crippen LogP contribution in [0, 0.1) is 0 Å². The quantitative estimate of drug-likeness (QED) is 0.386. The number of hydrogen-bond acceptors (Lipinski definition) is 1. The van der Waals surface area contributed by atoms with Crippen molar-refractivity contribution in [3.63, 3.8) is 0 Å². The topological polar surface area (TPSA) is 9.23 Å². The Morgan fingerprint density at radius 3 is 2.21 bits per heavy atom. The Morgan fingerprint density at radius 2 is 1.64 bits per heavy atom. The van der Waals surface area contributed by atoms with E-state index in [0.717, 1.165) is 6.42 Å². The van der Waals surface area contributed by atoms with Gasteiger partial charge in [-0.15, -0.1) is 0 Å². The summed E-state index contributed by atoms with van der Waals surface area (Å²) in [4.78, 5) is 0. The van der Waals surface area contributed by atoms with Crippen molar-refractivity contribution in [2.75, 3.05) is 0 Å². The number of rotatable bonds is 9. The SMILES string of the molecule is C=COC(C)(C)CCCCCCCC. The van der Waals surface area contributed by atoms with E-state index in [4.69, 9.17) is 4.74 Å². The first-order valence-corrected chi connectivity index (χ1v) is 5.91. The van der Waals surface area contributed by atoms with Gasteiger partial charge in [-0.2, -0.15) is 0 Å². The highest BCUT2D eigenvalue weighted by Gasteiger charge is 2.16. The van der Waals surface area contributed by atoms with Crippen LogP contribution in [0.2, 0.25) is 0 Å². The number of unbranched alkanes of at least 4 members (excludes halogenated alkanes) is 5. The van der Waals surface area contributed by atoms with E-state index in [1.165, 1.54) is 38.5 Å². The Kier molecular flexibility index (Phi) is 7.64. The molecular weight excluding hydrogens is 172 g/mol. The van der Waals surface area contributed by atoms with E-state index < -0.39 is 0 Å². The highest BCUT2D eigenvalue weighted by molar-refractivity contribution is 4.71. The van der Waals surface area contributed by atoms with Gasteiger partial charge in [-0.25, -0.2) is 0 Å². The molecule has 0 bridgehead atoms. The minimum Gasteiger partial charge on any atom is -0.496 e. The molecular formula is C13H26O. The minimum absolute atomic E-state index is 0.0213. The zero-order chi connectivity index (χ0) is 10.9. The van der Waals surface area contributed by atoms with Crippen LogP contribution in [0.25, 0.3) is 0 Å². The molecule has 0 aliphatic heterocycles. The van der Waals surface area contributed by atoms with Gasteiger partial charge in [0.25, 0.3) is 0 Å². The highest BCUT2D eigenvalue weighted by Crippen LogP contribution is 2.19. The third kappa shape index (κ3) is 8.15. The van der Waals surface area contributed by atoms with E-state index in [-0.39, 0.29) is 5.60 Å². The second-order valence-corrected chi connectivity index (χ2v) is 4.56. The van der Waals surface area contributed by atoms with Gasteiger partial charge in [0, 0.05) is 0 Å². The summed E-state index contributed by atoms with van der Waals surface area (Å²) in [5, 5.41) is 0. The molecule has 0 fully saturated rings. The predicted octanol–water partition coefficient (Wildman–Crippen LogP) is 4.68. The third-order valence-electron chi connectivity index (χ3n) is 2.53. The molecule has 0 spiro atoms. The van der Waals surface area contributed by atoms with Gasteiger partial charge in [0.05, 0.1) is 6.26 Å². The van der Waals surface area contributed by atoms with Crippen molar-refractivity contribution in [2.45, 2.75) is 71.3 Å². The molecule has 0 radical (unpaired) electrons. The Morgan fingerprint density at radius 1 is 1.07 bits per heavy atom. The number of ether oxygens (including phenoxy) is 1. The van der Waals surface area contributed by atoms with Gasteiger partial charge < -0.3 is 4.74 Å². The monoisotopic (exact) mass is 198 g/mol. The molecule has 0 saturated carbocycles. The van der Waals surface area contributed by atoms with E-state index in [1.807, 2.05) is 0 Å². The lowest BCUT2D eigenvalue weighted by atomic mass is 9.99. The van der Waals surface area contributed by atoms with E-state index in [2.05, 4.69) is 27.4 Å². The van der Waals surface area contributed by atoms with Crippen LogP contribution in [0.3, 0.4) is 0 Å². The molecule has 1 nitrogen and oxygen atoms in total. The van der Waals surface area contributed by atoms with Crippen molar-refractivity contribution in [1.82, 2.24) is 0 Å². The maximum atomic E-state index is 5.42. The molecule has 0 saturated heterocycles. The first-order valence-electron chi connectivity index (χ1n) is 5.91. The van der Waals surface area contributed by atoms with E-state index in [9.17, 15) is 0 Å². The van der Waals surface area contributed by atoms with Crippen LogP contribution in [0.4, 0.5) is 0 Å². The van der Waals surface area contributed by atoms with Crippen LogP contribution in [-0.2, 0) is 4.74 Å². The first kappa shape index (κ1) is 13.5. The third-order valence-corrected chi connectivity index (χ3v) is 2.53. The van der Waals surface area contributed by atoms with Gasteiger partial charge in [0.2, 0.25) is 0 Å². The summed E-state index contributed by atoms with van der Waals surface area (Å²) in [6.45, 7) is 10.1. The zero-order valence-corrected chi connectivity index (χ0v) is 10.1. The van der Waals surface area contributed by atoms with E-state index in [1.54, 1.807) is 6.26 Å². The van der Waals surface area contributed by atoms with Gasteiger partial charge in [-0.05, 0) is 26.7 Å². The van der Waals surface area contributed by atoms with Crippen LogP contribution < -0.4 is 0 Å². The zero-order valence-electron chi connectivity index (χ0n) is 10.1. The van der Waals surface area contributed by atoms with Crippen LogP contribution in [0.5, 0.6) is 0 Å². The summed E-state index contributed by atoms with van der Waals surface area (Å²) >= 11 is 0. The molecule has 0 rings (SSSR count). The van der Waals surface area contributed by atoms with Crippen LogP contribution in [0.15, 0.2) is 12.8 Å². The molecule has 0 aromatic carbocycles. The Labute approximate surface area is 89.5 Å². The van der Waals surface area contributed by atoms with Crippen molar-refractivity contribution in [2.24, 2.45) is 0 Å². The van der Waals surface area contributed by atoms with Gasteiger partial charge >= 0.3 is 0 Å². The number of hydrogen-bond donors (Lipinski definition) is 0. The van der Waals surface area contributed by atoms with E-state index in [0.29, 0.717) is 0 Å². The molecule has 0 aliphatic rings. The van der Waals surface area contributed by atoms with Crippen molar-refractivity contribution < 1.29 is 4.74 Å². The fourth-order valence-electron chi connectivity index (χ4n) is 1.62. The summed E-state index contributed by atoms with van der Waals surface area (Å²) in [7, 11) is 0. The lowest BCUT2D eigenvalue weighted by molar-refractivity contribution is 0.0476. The summed E-state index contributed by atoms with van der Waals surface area (Å²) in [6, 6.07) is 0. The standard InChI is InChI=1S/C13H26O/c1-5-7-8-9-10-11-12-13(3,4)14-6-2/h6H,2,5,7-12H2,1,3-4H3. The molecule has 0 aliphatic carbocycles. The largest absolute Gasteiger partial charge is 0.496 e. The van der Waals surface area contributed by atoms with Gasteiger partial charge in [0.15, 0.2) is 0 Å². The highest BCUT2D eigenvalue weighted by atomic mass is 16.5. The lowest BCUT2D eigenvalue weighted by Gasteiger charge is -2.23. The lowest BCUT2D eigenvalue weighted by Crippen LogP contribution is -2.21. The fourth-order valence-corrected chi connectivity index (χ4v) is 1.62. The molecule has 84 valence electrons. The second-order valence-electron chi connectivity index (χ2n) is 4.56. The Balaban J connectivity index is 3.30. The molecule has 1 heteroatoms. The normalized spacial score (nSPS) is 11.4. The summed E-state index contributed by atoms with van der Waals surface area (Å²) in [6.07, 6.45) is 10.8. The molecule has 0 atom stereocenters. The smallest absolute Gasteiger partial charge is 0.103 e. The fraction of sp³-hybridized carbons (Fsp3) is 0.846. The van der Waals surface area contributed by atoms with E-state index >= 15 is 0 Å².